The third kappa shape index (κ3) is 3.62. The highest BCUT2D eigenvalue weighted by molar-refractivity contribution is 5.44. The maximum absolute atomic E-state index is 9.65. The number of piperidine rings is 1. The van der Waals surface area contributed by atoms with E-state index in [4.69, 9.17) is 0 Å². The monoisotopic (exact) mass is 250 g/mol. The van der Waals surface area contributed by atoms with E-state index in [2.05, 4.69) is 10.2 Å². The molecule has 0 radical (unpaired) electrons. The molecular weight excluding hydrogens is 228 g/mol. The van der Waals surface area contributed by atoms with Crippen molar-refractivity contribution >= 4 is 0 Å². The second-order valence-electron chi connectivity index (χ2n) is 4.86. The number of phenolic OH excluding ortho intramolecular Hbond substituents is 2. The average Bonchev–Trinajstić information content (AvgIpc) is 2.40. The van der Waals surface area contributed by atoms with Crippen LogP contribution in [0.5, 0.6) is 11.5 Å². The lowest BCUT2D eigenvalue weighted by Gasteiger charge is -2.26. The lowest BCUT2D eigenvalue weighted by molar-refractivity contribution is 0.229. The number of likely N-dealkylation sites (tertiary alicyclic amines) is 1. The summed E-state index contributed by atoms with van der Waals surface area (Å²) < 4.78 is 0. The molecule has 1 aromatic rings. The zero-order valence-electron chi connectivity index (χ0n) is 10.7. The highest BCUT2D eigenvalue weighted by Crippen LogP contribution is 2.27. The molecule has 0 spiro atoms. The molecule has 0 unspecified atom stereocenters. The van der Waals surface area contributed by atoms with Crippen LogP contribution in [0.1, 0.15) is 24.8 Å². The fourth-order valence-electron chi connectivity index (χ4n) is 2.36. The van der Waals surface area contributed by atoms with Gasteiger partial charge in [0.05, 0.1) is 0 Å². The lowest BCUT2D eigenvalue weighted by Crippen LogP contribution is -2.35. The van der Waals surface area contributed by atoms with Crippen LogP contribution >= 0.6 is 0 Å². The molecule has 1 aliphatic heterocycles. The van der Waals surface area contributed by atoms with Crippen LogP contribution in [0.15, 0.2) is 18.2 Å². The lowest BCUT2D eigenvalue weighted by atomic mass is 10.1. The first-order valence-electron chi connectivity index (χ1n) is 6.70. The minimum Gasteiger partial charge on any atom is -0.504 e. The SMILES string of the molecule is Oc1cccc(CNCCN2CCCCC2)c1O. The third-order valence-electron chi connectivity index (χ3n) is 3.47. The van der Waals surface area contributed by atoms with Crippen molar-refractivity contribution in [3.8, 4) is 11.5 Å². The number of benzene rings is 1. The molecule has 0 amide bonds. The Kier molecular flexibility index (Phi) is 4.84. The largest absolute Gasteiger partial charge is 0.504 e. The summed E-state index contributed by atoms with van der Waals surface area (Å²) >= 11 is 0. The molecule has 0 atom stereocenters. The fourth-order valence-corrected chi connectivity index (χ4v) is 2.36. The summed E-state index contributed by atoms with van der Waals surface area (Å²) in [5, 5.41) is 22.3. The molecular formula is C14H22N2O2. The second kappa shape index (κ2) is 6.61. The predicted molar refractivity (Wildman–Crippen MR) is 71.8 cm³/mol. The number of nitrogens with zero attached hydrogens (tertiary/aromatic N) is 1. The first kappa shape index (κ1) is 13.2. The van der Waals surface area contributed by atoms with Gasteiger partial charge in [0.1, 0.15) is 0 Å². The Morgan fingerprint density at radius 2 is 1.89 bits per heavy atom. The molecule has 18 heavy (non-hydrogen) atoms. The molecule has 0 saturated carbocycles. The van der Waals surface area contributed by atoms with Crippen molar-refractivity contribution in [2.45, 2.75) is 25.8 Å². The maximum atomic E-state index is 9.65. The van der Waals surface area contributed by atoms with Gasteiger partial charge in [-0.3, -0.25) is 0 Å². The number of para-hydroxylation sites is 1. The summed E-state index contributed by atoms with van der Waals surface area (Å²) in [6, 6.07) is 5.06. The third-order valence-corrected chi connectivity index (χ3v) is 3.47. The first-order chi connectivity index (χ1) is 8.77. The highest BCUT2D eigenvalue weighted by Gasteiger charge is 2.09. The standard InChI is InChI=1S/C14H22N2O2/c17-13-6-4-5-12(14(13)18)11-15-7-10-16-8-2-1-3-9-16/h4-6,15,17-18H,1-3,7-11H2. The molecule has 0 bridgehead atoms. The molecule has 0 aliphatic carbocycles. The van der Waals surface area contributed by atoms with Crippen LogP contribution in [0, 0.1) is 0 Å². The normalized spacial score (nSPS) is 16.9. The Labute approximate surface area is 108 Å². The number of phenols is 2. The topological polar surface area (TPSA) is 55.7 Å². The zero-order valence-corrected chi connectivity index (χ0v) is 10.7. The van der Waals surface area contributed by atoms with Gasteiger partial charge in [0.15, 0.2) is 11.5 Å². The van der Waals surface area contributed by atoms with E-state index in [-0.39, 0.29) is 11.5 Å². The second-order valence-corrected chi connectivity index (χ2v) is 4.86. The Balaban J connectivity index is 1.70. The molecule has 1 aliphatic rings. The summed E-state index contributed by atoms with van der Waals surface area (Å²) in [4.78, 5) is 2.47. The highest BCUT2D eigenvalue weighted by atomic mass is 16.3. The van der Waals surface area contributed by atoms with Crippen molar-refractivity contribution in [1.82, 2.24) is 10.2 Å². The Morgan fingerprint density at radius 1 is 1.11 bits per heavy atom. The van der Waals surface area contributed by atoms with Gasteiger partial charge in [-0.2, -0.15) is 0 Å². The van der Waals surface area contributed by atoms with Crippen molar-refractivity contribution in [1.29, 1.82) is 0 Å². The van der Waals surface area contributed by atoms with Crippen molar-refractivity contribution in [2.24, 2.45) is 0 Å². The van der Waals surface area contributed by atoms with E-state index < -0.39 is 0 Å². The van der Waals surface area contributed by atoms with Gasteiger partial charge < -0.3 is 20.4 Å². The minimum absolute atomic E-state index is 0.0111. The fraction of sp³-hybridized carbons (Fsp3) is 0.571. The smallest absolute Gasteiger partial charge is 0.161 e. The van der Waals surface area contributed by atoms with E-state index >= 15 is 0 Å². The minimum atomic E-state index is -0.0506. The molecule has 0 aromatic heterocycles. The quantitative estimate of drug-likeness (QED) is 0.549. The molecule has 1 saturated heterocycles. The van der Waals surface area contributed by atoms with Crippen LogP contribution in [-0.2, 0) is 6.54 Å². The number of rotatable bonds is 5. The number of hydrogen-bond acceptors (Lipinski definition) is 4. The summed E-state index contributed by atoms with van der Waals surface area (Å²) in [5.41, 5.74) is 0.744. The zero-order chi connectivity index (χ0) is 12.8. The van der Waals surface area contributed by atoms with Gasteiger partial charge in [-0.1, -0.05) is 18.6 Å². The van der Waals surface area contributed by atoms with Crippen LogP contribution in [-0.4, -0.2) is 41.3 Å². The number of nitrogens with one attached hydrogen (secondary N) is 1. The predicted octanol–water partition coefficient (Wildman–Crippen LogP) is 1.67. The molecule has 4 heteroatoms. The van der Waals surface area contributed by atoms with Crippen molar-refractivity contribution in [3.63, 3.8) is 0 Å². The molecule has 1 aromatic carbocycles. The summed E-state index contributed by atoms with van der Waals surface area (Å²) in [6.45, 7) is 4.97. The van der Waals surface area contributed by atoms with E-state index in [1.54, 1.807) is 6.07 Å². The van der Waals surface area contributed by atoms with E-state index in [0.29, 0.717) is 6.54 Å². The van der Waals surface area contributed by atoms with Gasteiger partial charge >= 0.3 is 0 Å². The Morgan fingerprint density at radius 3 is 2.67 bits per heavy atom. The van der Waals surface area contributed by atoms with Crippen molar-refractivity contribution in [3.05, 3.63) is 23.8 Å². The molecule has 1 heterocycles. The van der Waals surface area contributed by atoms with E-state index in [1.807, 2.05) is 6.07 Å². The van der Waals surface area contributed by atoms with Crippen LogP contribution in [0.25, 0.3) is 0 Å². The molecule has 4 nitrogen and oxygen atoms in total. The van der Waals surface area contributed by atoms with Crippen LogP contribution in [0.2, 0.25) is 0 Å². The van der Waals surface area contributed by atoms with Gasteiger partial charge in [-0.25, -0.2) is 0 Å². The van der Waals surface area contributed by atoms with Crippen LogP contribution < -0.4 is 5.32 Å². The number of aromatic hydroxyl groups is 2. The number of hydrogen-bond donors (Lipinski definition) is 3. The molecule has 2 rings (SSSR count). The van der Waals surface area contributed by atoms with Crippen LogP contribution in [0.4, 0.5) is 0 Å². The molecule has 1 fully saturated rings. The van der Waals surface area contributed by atoms with E-state index in [9.17, 15) is 10.2 Å². The average molecular weight is 250 g/mol. The summed E-state index contributed by atoms with van der Waals surface area (Å²) in [6.07, 6.45) is 3.99. The Hall–Kier alpha value is -1.26. The summed E-state index contributed by atoms with van der Waals surface area (Å²) in [5.74, 6) is -0.0618. The van der Waals surface area contributed by atoms with Gasteiger partial charge in [0.25, 0.3) is 0 Å². The van der Waals surface area contributed by atoms with Gasteiger partial charge in [-0.15, -0.1) is 0 Å². The van der Waals surface area contributed by atoms with Crippen molar-refractivity contribution < 1.29 is 10.2 Å². The Bertz CT molecular complexity index is 376. The molecule has 100 valence electrons. The van der Waals surface area contributed by atoms with Gasteiger partial charge in [0.2, 0.25) is 0 Å². The van der Waals surface area contributed by atoms with Gasteiger partial charge in [0, 0.05) is 25.2 Å². The molecule has 3 N–H and O–H groups in total. The van der Waals surface area contributed by atoms with E-state index in [1.165, 1.54) is 38.4 Å². The van der Waals surface area contributed by atoms with E-state index in [0.717, 1.165) is 18.7 Å². The maximum Gasteiger partial charge on any atom is 0.161 e. The summed E-state index contributed by atoms with van der Waals surface area (Å²) in [7, 11) is 0. The van der Waals surface area contributed by atoms with Gasteiger partial charge in [-0.05, 0) is 32.0 Å². The first-order valence-corrected chi connectivity index (χ1v) is 6.70. The van der Waals surface area contributed by atoms with Crippen LogP contribution in [0.3, 0.4) is 0 Å². The van der Waals surface area contributed by atoms with Crippen molar-refractivity contribution in [2.75, 3.05) is 26.2 Å².